The van der Waals surface area contributed by atoms with Crippen LogP contribution in [0.4, 0.5) is 0 Å². The summed E-state index contributed by atoms with van der Waals surface area (Å²) in [4.78, 5) is 0. The zero-order chi connectivity index (χ0) is 41.8. The van der Waals surface area contributed by atoms with Gasteiger partial charge in [-0.2, -0.15) is 0 Å². The normalized spacial score (nSPS) is 35.8. The van der Waals surface area contributed by atoms with Crippen molar-refractivity contribution in [2.45, 2.75) is 104 Å². The molecule has 8 fully saturated rings. The first kappa shape index (κ1) is 37.1. The number of hydrogen-bond acceptors (Lipinski definition) is 10. The van der Waals surface area contributed by atoms with E-state index in [9.17, 15) is 51.1 Å². The molecule has 5 aromatic carbocycles. The van der Waals surface area contributed by atoms with Gasteiger partial charge in [-0.1, -0.05) is 30.3 Å². The van der Waals surface area contributed by atoms with Crippen molar-refractivity contribution in [3.8, 4) is 57.5 Å². The van der Waals surface area contributed by atoms with Crippen LogP contribution >= 0.6 is 0 Å². The van der Waals surface area contributed by atoms with Crippen LogP contribution in [0.2, 0.25) is 0 Å². The fourth-order valence-electron chi connectivity index (χ4n) is 16.5. The van der Waals surface area contributed by atoms with E-state index in [-0.39, 0.29) is 63.4 Å². The second-order valence-corrected chi connectivity index (χ2v) is 20.5. The molecular weight excluding hydrogens is 761 g/mol. The number of rotatable bonds is 6. The van der Waals surface area contributed by atoms with Gasteiger partial charge in [0.15, 0.2) is 0 Å². The smallest absolute Gasteiger partial charge is 0.123 e. The first-order valence-corrected chi connectivity index (χ1v) is 21.1. The molecule has 0 aliphatic heterocycles. The molecular formula is C50H50O10. The van der Waals surface area contributed by atoms with Gasteiger partial charge >= 0.3 is 0 Å². The van der Waals surface area contributed by atoms with Gasteiger partial charge in [0.25, 0.3) is 0 Å². The first-order valence-electron chi connectivity index (χ1n) is 21.1. The van der Waals surface area contributed by atoms with Crippen LogP contribution in [0.15, 0.2) is 91.0 Å². The molecule has 0 saturated heterocycles. The number of phenols is 10. The van der Waals surface area contributed by atoms with E-state index in [4.69, 9.17) is 0 Å². The van der Waals surface area contributed by atoms with Crippen molar-refractivity contribution in [1.82, 2.24) is 0 Å². The van der Waals surface area contributed by atoms with Crippen LogP contribution in [0.1, 0.15) is 105 Å². The Morgan fingerprint density at radius 1 is 0.283 bits per heavy atom. The van der Waals surface area contributed by atoms with E-state index < -0.39 is 37.9 Å². The van der Waals surface area contributed by atoms with Crippen molar-refractivity contribution >= 4 is 0 Å². The van der Waals surface area contributed by atoms with E-state index in [1.807, 2.05) is 30.3 Å². The average Bonchev–Trinajstić information content (AvgIpc) is 3.13. The molecule has 2 atom stereocenters. The number of phenolic OH excluding ortho intramolecular Hbond substituents is 10. The van der Waals surface area contributed by atoms with Gasteiger partial charge in [0.2, 0.25) is 0 Å². The minimum absolute atomic E-state index is 0.0177. The Morgan fingerprint density at radius 2 is 0.533 bits per heavy atom. The zero-order valence-electron chi connectivity index (χ0n) is 33.2. The van der Waals surface area contributed by atoms with Gasteiger partial charge in [-0.05, 0) is 124 Å². The standard InChI is InChI=1S/C50H50O10/c51-29-1-6-34(39(56)11-29)44-16-28-17-45(19-44,35-7-2-30(52)12-40(35)57)24-49(18-28,23-44)50-25-46(36-8-3-31(53)13-41(36)58)20-47(26-50,37-9-4-32(54)14-42(37)59)22-48(21-46,27-50)38-10-5-33(55)15-43(38)60/h1-15,28,51-60H,16-27H2. The molecule has 0 spiro atoms. The third-order valence-electron chi connectivity index (χ3n) is 17.0. The van der Waals surface area contributed by atoms with Crippen molar-refractivity contribution < 1.29 is 51.1 Å². The zero-order valence-corrected chi connectivity index (χ0v) is 33.2. The first-order chi connectivity index (χ1) is 28.4. The molecule has 8 bridgehead atoms. The van der Waals surface area contributed by atoms with Crippen molar-refractivity contribution in [2.24, 2.45) is 16.7 Å². The lowest BCUT2D eigenvalue weighted by Gasteiger charge is -2.79. The molecule has 10 heteroatoms. The number of hydrogen-bond donors (Lipinski definition) is 10. The highest BCUT2D eigenvalue weighted by atomic mass is 16.3. The number of aromatic hydroxyl groups is 10. The fraction of sp³-hybridized carbons (Fsp3) is 0.400. The van der Waals surface area contributed by atoms with Crippen LogP contribution in [0.25, 0.3) is 0 Å². The Bertz CT molecular complexity index is 2410. The lowest BCUT2D eigenvalue weighted by atomic mass is 9.24. The van der Waals surface area contributed by atoms with Crippen LogP contribution in [0, 0.1) is 16.7 Å². The second kappa shape index (κ2) is 11.7. The molecule has 0 aromatic heterocycles. The fourth-order valence-corrected chi connectivity index (χ4v) is 16.5. The van der Waals surface area contributed by atoms with E-state index in [2.05, 4.69) is 0 Å². The van der Waals surface area contributed by atoms with Gasteiger partial charge < -0.3 is 51.1 Å². The minimum atomic E-state index is -0.758. The maximum Gasteiger partial charge on any atom is 0.123 e. The highest BCUT2D eigenvalue weighted by molar-refractivity contribution is 5.58. The summed E-state index contributed by atoms with van der Waals surface area (Å²) in [5.41, 5.74) is -0.967. The van der Waals surface area contributed by atoms with Gasteiger partial charge in [0.1, 0.15) is 57.5 Å². The Labute approximate surface area is 347 Å². The molecule has 10 N–H and O–H groups in total. The Balaban J connectivity index is 1.22. The molecule has 8 aliphatic carbocycles. The highest BCUT2D eigenvalue weighted by Gasteiger charge is 2.78. The summed E-state index contributed by atoms with van der Waals surface area (Å²) in [5.74, 6) is -0.206. The molecule has 5 aromatic rings. The quantitative estimate of drug-likeness (QED) is 0.0788. The monoisotopic (exact) mass is 810 g/mol. The van der Waals surface area contributed by atoms with Crippen molar-refractivity contribution in [1.29, 1.82) is 0 Å². The molecule has 0 heterocycles. The van der Waals surface area contributed by atoms with Crippen LogP contribution < -0.4 is 0 Å². The van der Waals surface area contributed by atoms with Gasteiger partial charge in [-0.3, -0.25) is 0 Å². The lowest BCUT2D eigenvalue weighted by Crippen LogP contribution is -2.73. The van der Waals surface area contributed by atoms with Crippen LogP contribution in [-0.2, 0) is 27.1 Å². The molecule has 2 unspecified atom stereocenters. The highest BCUT2D eigenvalue weighted by Crippen LogP contribution is 2.85. The predicted molar refractivity (Wildman–Crippen MR) is 221 cm³/mol. The Kier molecular flexibility index (Phi) is 7.23. The van der Waals surface area contributed by atoms with Crippen LogP contribution in [0.3, 0.4) is 0 Å². The van der Waals surface area contributed by atoms with E-state index in [0.717, 1.165) is 30.4 Å². The van der Waals surface area contributed by atoms with E-state index in [0.29, 0.717) is 74.5 Å². The van der Waals surface area contributed by atoms with Gasteiger partial charge in [0.05, 0.1) is 0 Å². The Morgan fingerprint density at radius 3 is 0.817 bits per heavy atom. The van der Waals surface area contributed by atoms with Gasteiger partial charge in [0, 0.05) is 85.2 Å². The maximum atomic E-state index is 11.9. The molecule has 13 rings (SSSR count). The predicted octanol–water partition coefficient (Wildman–Crippen LogP) is 9.08. The van der Waals surface area contributed by atoms with Gasteiger partial charge in [-0.25, -0.2) is 0 Å². The van der Waals surface area contributed by atoms with Crippen molar-refractivity contribution in [3.63, 3.8) is 0 Å². The molecule has 10 nitrogen and oxygen atoms in total. The summed E-state index contributed by atoms with van der Waals surface area (Å²) in [6.45, 7) is 0. The van der Waals surface area contributed by atoms with E-state index >= 15 is 0 Å². The summed E-state index contributed by atoms with van der Waals surface area (Å²) in [6, 6.07) is 24.1. The van der Waals surface area contributed by atoms with Crippen LogP contribution in [-0.4, -0.2) is 51.1 Å². The summed E-state index contributed by atoms with van der Waals surface area (Å²) in [7, 11) is 0. The van der Waals surface area contributed by atoms with E-state index in [1.165, 1.54) is 30.3 Å². The minimum Gasteiger partial charge on any atom is -0.508 e. The lowest BCUT2D eigenvalue weighted by molar-refractivity contribution is -0.231. The third-order valence-corrected chi connectivity index (χ3v) is 17.0. The van der Waals surface area contributed by atoms with Crippen LogP contribution in [0.5, 0.6) is 57.5 Å². The summed E-state index contributed by atoms with van der Waals surface area (Å²) in [6.07, 6.45) is 7.95. The molecule has 60 heavy (non-hydrogen) atoms. The van der Waals surface area contributed by atoms with Crippen molar-refractivity contribution in [2.75, 3.05) is 0 Å². The Hall–Kier alpha value is -5.90. The van der Waals surface area contributed by atoms with E-state index in [1.54, 1.807) is 30.3 Å². The van der Waals surface area contributed by atoms with Crippen molar-refractivity contribution in [3.05, 3.63) is 119 Å². The average molecular weight is 811 g/mol. The SMILES string of the molecule is Oc1ccc(C23CC4CC(c5ccc(O)cc5O)(C2)CC(C25CC6(c7ccc(O)cc7O)CC(c7ccc(O)cc7O)(CC(c7ccc(O)cc7O)(C6)C2)C5)(C4)C3)c(O)c1. The molecule has 8 saturated carbocycles. The number of benzene rings is 5. The summed E-state index contributed by atoms with van der Waals surface area (Å²) < 4.78 is 0. The molecule has 0 radical (unpaired) electrons. The summed E-state index contributed by atoms with van der Waals surface area (Å²) >= 11 is 0. The molecule has 8 aliphatic rings. The third kappa shape index (κ3) is 4.87. The summed E-state index contributed by atoms with van der Waals surface area (Å²) in [5, 5.41) is 112. The topological polar surface area (TPSA) is 202 Å². The second-order valence-electron chi connectivity index (χ2n) is 20.5. The largest absolute Gasteiger partial charge is 0.508 e. The molecule has 0 amide bonds. The maximum absolute atomic E-state index is 11.9. The molecule has 310 valence electrons. The van der Waals surface area contributed by atoms with Gasteiger partial charge in [-0.15, -0.1) is 0 Å².